The molecule has 0 bridgehead atoms. The quantitative estimate of drug-likeness (QED) is 0.770. The van der Waals surface area contributed by atoms with Crippen molar-refractivity contribution >= 4 is 11.9 Å². The minimum Gasteiger partial charge on any atom is -0.351 e. The van der Waals surface area contributed by atoms with E-state index in [0.717, 1.165) is 0 Å². The van der Waals surface area contributed by atoms with E-state index in [9.17, 15) is 4.39 Å². The zero-order valence-electron chi connectivity index (χ0n) is 8.58. The Bertz CT molecular complexity index is 302. The highest BCUT2D eigenvalue weighted by atomic mass is 19.1. The van der Waals surface area contributed by atoms with Crippen molar-refractivity contribution in [2.24, 2.45) is 0 Å². The van der Waals surface area contributed by atoms with Gasteiger partial charge in [0.15, 0.2) is 0 Å². The third-order valence-corrected chi connectivity index (χ3v) is 1.51. The van der Waals surface area contributed by atoms with E-state index in [1.165, 1.54) is 0 Å². The van der Waals surface area contributed by atoms with Gasteiger partial charge in [-0.05, 0) is 6.92 Å². The summed E-state index contributed by atoms with van der Waals surface area (Å²) in [4.78, 5) is 14.0. The zero-order chi connectivity index (χ0) is 10.6. The highest BCUT2D eigenvalue weighted by molar-refractivity contribution is 5.35. The lowest BCUT2D eigenvalue weighted by molar-refractivity contribution is 0.511. The van der Waals surface area contributed by atoms with Crippen LogP contribution in [0, 0.1) is 6.92 Å². The molecule has 1 heterocycles. The lowest BCUT2D eigenvalue weighted by Gasteiger charge is -2.11. The third kappa shape index (κ3) is 2.79. The number of anilines is 2. The fourth-order valence-electron chi connectivity index (χ4n) is 0.906. The van der Waals surface area contributed by atoms with Crippen LogP contribution in [0.2, 0.25) is 0 Å². The molecule has 0 aliphatic rings. The maximum absolute atomic E-state index is 11.9. The van der Waals surface area contributed by atoms with Crippen LogP contribution >= 0.6 is 0 Å². The third-order valence-electron chi connectivity index (χ3n) is 1.51. The first-order valence-corrected chi connectivity index (χ1v) is 4.33. The number of hydrogen-bond acceptors (Lipinski definition) is 5. The van der Waals surface area contributed by atoms with E-state index in [1.807, 2.05) is 14.1 Å². The van der Waals surface area contributed by atoms with E-state index >= 15 is 0 Å². The second-order valence-electron chi connectivity index (χ2n) is 3.02. The second kappa shape index (κ2) is 4.69. The van der Waals surface area contributed by atoms with Crippen LogP contribution < -0.4 is 10.2 Å². The van der Waals surface area contributed by atoms with Crippen LogP contribution in [-0.4, -0.2) is 42.3 Å². The van der Waals surface area contributed by atoms with Crippen molar-refractivity contribution in [1.82, 2.24) is 15.0 Å². The molecule has 0 radical (unpaired) electrons. The summed E-state index contributed by atoms with van der Waals surface area (Å²) >= 11 is 0. The number of alkyl halides is 1. The smallest absolute Gasteiger partial charge is 0.229 e. The van der Waals surface area contributed by atoms with Crippen molar-refractivity contribution in [2.75, 3.05) is 37.5 Å². The summed E-state index contributed by atoms with van der Waals surface area (Å²) in [6.45, 7) is 1.55. The zero-order valence-corrected chi connectivity index (χ0v) is 8.58. The summed E-state index contributed by atoms with van der Waals surface area (Å²) in [5.74, 6) is 1.60. The highest BCUT2D eigenvalue weighted by Gasteiger charge is 2.04. The van der Waals surface area contributed by atoms with Crippen LogP contribution in [-0.2, 0) is 0 Å². The molecule has 1 aromatic rings. The van der Waals surface area contributed by atoms with Crippen LogP contribution in [0.3, 0.4) is 0 Å². The number of nitrogens with zero attached hydrogens (tertiary/aromatic N) is 4. The van der Waals surface area contributed by atoms with Gasteiger partial charge in [0.25, 0.3) is 0 Å². The van der Waals surface area contributed by atoms with Crippen molar-refractivity contribution in [3.05, 3.63) is 5.82 Å². The highest BCUT2D eigenvalue weighted by Crippen LogP contribution is 2.06. The first-order chi connectivity index (χ1) is 6.63. The number of aryl methyl sites for hydroxylation is 1. The van der Waals surface area contributed by atoms with Crippen molar-refractivity contribution in [1.29, 1.82) is 0 Å². The number of nitrogens with one attached hydrogen (secondary N) is 1. The van der Waals surface area contributed by atoms with Gasteiger partial charge in [-0.25, -0.2) is 4.39 Å². The predicted octanol–water partition coefficient (Wildman–Crippen LogP) is 0.627. The Morgan fingerprint density at radius 3 is 2.57 bits per heavy atom. The first-order valence-electron chi connectivity index (χ1n) is 4.33. The lowest BCUT2D eigenvalue weighted by Crippen LogP contribution is -2.16. The standard InChI is InChI=1S/C8H14FN5/c1-6-11-7(10-5-4-9)13-8(12-6)14(2)3/h4-5H2,1-3H3,(H,10,11,12,13). The Hall–Kier alpha value is -1.46. The average Bonchev–Trinajstić information content (AvgIpc) is 2.14. The molecule has 0 unspecified atom stereocenters. The summed E-state index contributed by atoms with van der Waals surface area (Å²) in [6.07, 6.45) is 0. The molecular weight excluding hydrogens is 185 g/mol. The second-order valence-corrected chi connectivity index (χ2v) is 3.02. The molecule has 0 aliphatic heterocycles. The van der Waals surface area contributed by atoms with Crippen molar-refractivity contribution in [3.8, 4) is 0 Å². The SMILES string of the molecule is Cc1nc(NCCF)nc(N(C)C)n1. The molecule has 1 aromatic heterocycles. The average molecular weight is 199 g/mol. The molecule has 0 aliphatic carbocycles. The van der Waals surface area contributed by atoms with Crippen LogP contribution in [0.4, 0.5) is 16.3 Å². The van der Waals surface area contributed by atoms with Gasteiger partial charge in [0.05, 0.1) is 0 Å². The van der Waals surface area contributed by atoms with Crippen LogP contribution in [0.25, 0.3) is 0 Å². The maximum atomic E-state index is 11.9. The number of hydrogen-bond donors (Lipinski definition) is 1. The van der Waals surface area contributed by atoms with Gasteiger partial charge in [-0.15, -0.1) is 0 Å². The van der Waals surface area contributed by atoms with Gasteiger partial charge < -0.3 is 10.2 Å². The molecule has 0 aromatic carbocycles. The number of halogens is 1. The monoisotopic (exact) mass is 199 g/mol. The lowest BCUT2D eigenvalue weighted by atomic mass is 10.6. The van der Waals surface area contributed by atoms with E-state index in [0.29, 0.717) is 17.7 Å². The Morgan fingerprint density at radius 2 is 2.00 bits per heavy atom. The normalized spacial score (nSPS) is 10.0. The number of aromatic nitrogens is 3. The summed E-state index contributed by atoms with van der Waals surface area (Å²) in [7, 11) is 3.68. The molecule has 1 rings (SSSR count). The van der Waals surface area contributed by atoms with Crippen molar-refractivity contribution < 1.29 is 4.39 Å². The largest absolute Gasteiger partial charge is 0.351 e. The maximum Gasteiger partial charge on any atom is 0.229 e. The fraction of sp³-hybridized carbons (Fsp3) is 0.625. The fourth-order valence-corrected chi connectivity index (χ4v) is 0.906. The van der Waals surface area contributed by atoms with Gasteiger partial charge in [-0.1, -0.05) is 0 Å². The molecular formula is C8H14FN5. The van der Waals surface area contributed by atoms with Gasteiger partial charge in [-0.3, -0.25) is 0 Å². The minimum absolute atomic E-state index is 0.219. The van der Waals surface area contributed by atoms with Gasteiger partial charge in [0, 0.05) is 20.6 Å². The molecule has 5 nitrogen and oxygen atoms in total. The van der Waals surface area contributed by atoms with E-state index < -0.39 is 6.67 Å². The van der Waals surface area contributed by atoms with Gasteiger partial charge in [0.1, 0.15) is 12.5 Å². The first kappa shape index (κ1) is 10.6. The molecule has 0 saturated carbocycles. The Balaban J connectivity index is 2.84. The van der Waals surface area contributed by atoms with E-state index in [-0.39, 0.29) is 6.54 Å². The Labute approximate surface area is 82.4 Å². The van der Waals surface area contributed by atoms with Crippen LogP contribution in [0.15, 0.2) is 0 Å². The predicted molar refractivity (Wildman–Crippen MR) is 53.4 cm³/mol. The molecule has 0 fully saturated rings. The van der Waals surface area contributed by atoms with E-state index in [4.69, 9.17) is 0 Å². The molecule has 6 heteroatoms. The van der Waals surface area contributed by atoms with Crippen molar-refractivity contribution in [2.45, 2.75) is 6.92 Å². The number of rotatable bonds is 4. The van der Waals surface area contributed by atoms with Gasteiger partial charge in [0.2, 0.25) is 11.9 Å². The van der Waals surface area contributed by atoms with Gasteiger partial charge >= 0.3 is 0 Å². The molecule has 14 heavy (non-hydrogen) atoms. The van der Waals surface area contributed by atoms with Crippen LogP contribution in [0.1, 0.15) is 5.82 Å². The van der Waals surface area contributed by atoms with Gasteiger partial charge in [-0.2, -0.15) is 15.0 Å². The molecule has 0 atom stereocenters. The molecule has 0 spiro atoms. The Morgan fingerprint density at radius 1 is 1.29 bits per heavy atom. The van der Waals surface area contributed by atoms with E-state index in [2.05, 4.69) is 20.3 Å². The summed E-state index contributed by atoms with van der Waals surface area (Å²) < 4.78 is 11.9. The molecule has 78 valence electrons. The Kier molecular flexibility index (Phi) is 3.55. The molecule has 0 saturated heterocycles. The van der Waals surface area contributed by atoms with Crippen molar-refractivity contribution in [3.63, 3.8) is 0 Å². The summed E-state index contributed by atoms with van der Waals surface area (Å²) in [5.41, 5.74) is 0. The minimum atomic E-state index is -0.442. The summed E-state index contributed by atoms with van der Waals surface area (Å²) in [5, 5.41) is 2.77. The molecule has 0 amide bonds. The molecule has 1 N–H and O–H groups in total. The van der Waals surface area contributed by atoms with E-state index in [1.54, 1.807) is 11.8 Å². The van der Waals surface area contributed by atoms with Crippen LogP contribution in [0.5, 0.6) is 0 Å². The topological polar surface area (TPSA) is 53.9 Å². The summed E-state index contributed by atoms with van der Waals surface area (Å²) in [6, 6.07) is 0.